The van der Waals surface area contributed by atoms with Gasteiger partial charge in [-0.15, -0.1) is 17.9 Å². The summed E-state index contributed by atoms with van der Waals surface area (Å²) >= 11 is 1.77. The molecule has 0 amide bonds. The molecule has 18 heavy (non-hydrogen) atoms. The molecule has 1 aliphatic carbocycles. The Morgan fingerprint density at radius 1 is 1.28 bits per heavy atom. The van der Waals surface area contributed by atoms with Crippen molar-refractivity contribution >= 4 is 16.9 Å². The molecule has 1 aromatic heterocycles. The maximum absolute atomic E-state index is 10.0. The minimum absolute atomic E-state index is 0.605. The van der Waals surface area contributed by atoms with Crippen molar-refractivity contribution in [1.82, 2.24) is 0 Å². The third kappa shape index (κ3) is 1.74. The van der Waals surface area contributed by atoms with Crippen molar-refractivity contribution in [3.63, 3.8) is 0 Å². The van der Waals surface area contributed by atoms with Crippen LogP contribution >= 0.6 is 11.3 Å². The fourth-order valence-corrected chi connectivity index (χ4v) is 3.39. The van der Waals surface area contributed by atoms with Gasteiger partial charge in [0.2, 0.25) is 0 Å². The van der Waals surface area contributed by atoms with Crippen molar-refractivity contribution in [2.45, 2.75) is 12.5 Å². The molecule has 0 bridgehead atoms. The summed E-state index contributed by atoms with van der Waals surface area (Å²) in [6.45, 7) is 3.67. The number of fused-ring (bicyclic) bond motifs is 1. The second-order valence-corrected chi connectivity index (χ2v) is 5.28. The molecule has 1 heterocycles. The van der Waals surface area contributed by atoms with E-state index in [4.69, 9.17) is 0 Å². The first kappa shape index (κ1) is 11.5. The van der Waals surface area contributed by atoms with E-state index < -0.39 is 6.10 Å². The molecule has 0 spiro atoms. The van der Waals surface area contributed by atoms with E-state index in [1.807, 2.05) is 18.2 Å². The largest absolute Gasteiger partial charge is 0.384 e. The van der Waals surface area contributed by atoms with Gasteiger partial charge in [-0.1, -0.05) is 36.4 Å². The average molecular weight is 254 g/mol. The van der Waals surface area contributed by atoms with Crippen LogP contribution in [0.2, 0.25) is 0 Å². The monoisotopic (exact) mass is 254 g/mol. The molecule has 1 nitrogen and oxygen atoms in total. The fraction of sp³-hybridized carbons (Fsp3) is 0.125. The Labute approximate surface area is 111 Å². The SMILES string of the molecule is C=CC(O)c1ccccc1C1=CCc2ccsc21. The van der Waals surface area contributed by atoms with Crippen LogP contribution in [-0.4, -0.2) is 5.11 Å². The van der Waals surface area contributed by atoms with Gasteiger partial charge in [0.15, 0.2) is 0 Å². The summed E-state index contributed by atoms with van der Waals surface area (Å²) in [5.41, 5.74) is 4.68. The summed E-state index contributed by atoms with van der Waals surface area (Å²) in [5, 5.41) is 12.2. The fourth-order valence-electron chi connectivity index (χ4n) is 2.40. The number of benzene rings is 1. The summed E-state index contributed by atoms with van der Waals surface area (Å²) in [6.07, 6.45) is 4.21. The number of thiophene rings is 1. The van der Waals surface area contributed by atoms with E-state index in [2.05, 4.69) is 30.2 Å². The van der Waals surface area contributed by atoms with Crippen LogP contribution in [0.1, 0.15) is 27.7 Å². The van der Waals surface area contributed by atoms with Crippen LogP contribution in [0.5, 0.6) is 0 Å². The number of hydrogen-bond acceptors (Lipinski definition) is 2. The summed E-state index contributed by atoms with van der Waals surface area (Å²) < 4.78 is 0. The van der Waals surface area contributed by atoms with Crippen LogP contribution < -0.4 is 0 Å². The molecule has 2 heteroatoms. The zero-order valence-corrected chi connectivity index (χ0v) is 10.8. The maximum Gasteiger partial charge on any atom is 0.0975 e. The third-order valence-electron chi connectivity index (χ3n) is 3.31. The van der Waals surface area contributed by atoms with Gasteiger partial charge in [-0.2, -0.15) is 0 Å². The van der Waals surface area contributed by atoms with Crippen LogP contribution in [0.25, 0.3) is 5.57 Å². The zero-order valence-electron chi connectivity index (χ0n) is 9.97. The topological polar surface area (TPSA) is 20.2 Å². The summed E-state index contributed by atoms with van der Waals surface area (Å²) in [5.74, 6) is 0. The Morgan fingerprint density at radius 3 is 2.94 bits per heavy atom. The normalized spacial score (nSPS) is 15.1. The van der Waals surface area contributed by atoms with Crippen LogP contribution in [0.3, 0.4) is 0 Å². The van der Waals surface area contributed by atoms with Gasteiger partial charge >= 0.3 is 0 Å². The molecule has 1 aromatic carbocycles. The van der Waals surface area contributed by atoms with Crippen molar-refractivity contribution in [2.24, 2.45) is 0 Å². The van der Waals surface area contributed by atoms with Crippen molar-refractivity contribution in [3.8, 4) is 0 Å². The van der Waals surface area contributed by atoms with Crippen molar-refractivity contribution in [1.29, 1.82) is 0 Å². The predicted molar refractivity (Wildman–Crippen MR) is 76.7 cm³/mol. The first-order valence-electron chi connectivity index (χ1n) is 5.98. The number of rotatable bonds is 3. The maximum atomic E-state index is 10.0. The number of hydrogen-bond donors (Lipinski definition) is 1. The second-order valence-electron chi connectivity index (χ2n) is 4.36. The third-order valence-corrected chi connectivity index (χ3v) is 4.30. The van der Waals surface area contributed by atoms with E-state index >= 15 is 0 Å². The summed E-state index contributed by atoms with van der Waals surface area (Å²) in [6, 6.07) is 10.2. The number of aliphatic hydroxyl groups excluding tert-OH is 1. The molecule has 2 aromatic rings. The van der Waals surface area contributed by atoms with E-state index in [1.165, 1.54) is 16.0 Å². The molecule has 0 saturated carbocycles. The van der Waals surface area contributed by atoms with Crippen LogP contribution in [0.15, 0.2) is 54.4 Å². The van der Waals surface area contributed by atoms with Gasteiger partial charge in [-0.3, -0.25) is 0 Å². The lowest BCUT2D eigenvalue weighted by molar-refractivity contribution is 0.229. The molecule has 1 N–H and O–H groups in total. The van der Waals surface area contributed by atoms with Crippen molar-refractivity contribution < 1.29 is 5.11 Å². The molecule has 3 rings (SSSR count). The van der Waals surface area contributed by atoms with Gasteiger partial charge in [0.25, 0.3) is 0 Å². The predicted octanol–water partition coefficient (Wildman–Crippen LogP) is 3.96. The first-order valence-corrected chi connectivity index (χ1v) is 6.86. The van der Waals surface area contributed by atoms with Crippen molar-refractivity contribution in [3.05, 3.63) is 76.0 Å². The Hall–Kier alpha value is -1.64. The van der Waals surface area contributed by atoms with Gasteiger partial charge in [0.05, 0.1) is 6.10 Å². The van der Waals surface area contributed by atoms with Gasteiger partial charge in [0.1, 0.15) is 0 Å². The van der Waals surface area contributed by atoms with E-state index in [-0.39, 0.29) is 0 Å². The highest BCUT2D eigenvalue weighted by atomic mass is 32.1. The van der Waals surface area contributed by atoms with Crippen molar-refractivity contribution in [2.75, 3.05) is 0 Å². The average Bonchev–Trinajstić information content (AvgIpc) is 3.00. The quantitative estimate of drug-likeness (QED) is 0.822. The lowest BCUT2D eigenvalue weighted by atomic mass is 9.96. The summed E-state index contributed by atoms with van der Waals surface area (Å²) in [7, 11) is 0. The second kappa shape index (κ2) is 4.56. The Bertz CT molecular complexity index is 622. The van der Waals surface area contributed by atoms with E-state index in [0.29, 0.717) is 0 Å². The molecule has 1 atom stereocenters. The van der Waals surface area contributed by atoms with E-state index in [0.717, 1.165) is 17.5 Å². The molecule has 1 aliphatic rings. The number of aliphatic hydroxyl groups is 1. The van der Waals surface area contributed by atoms with E-state index in [1.54, 1.807) is 17.4 Å². The minimum atomic E-state index is -0.605. The lowest BCUT2D eigenvalue weighted by Crippen LogP contribution is -1.98. The Morgan fingerprint density at radius 2 is 2.11 bits per heavy atom. The van der Waals surface area contributed by atoms with Gasteiger partial charge in [-0.25, -0.2) is 0 Å². The molecule has 0 saturated heterocycles. The highest BCUT2D eigenvalue weighted by Gasteiger charge is 2.20. The summed E-state index contributed by atoms with van der Waals surface area (Å²) in [4.78, 5) is 1.33. The lowest BCUT2D eigenvalue weighted by Gasteiger charge is -2.13. The first-order chi connectivity index (χ1) is 8.81. The molecular formula is C16H14OS. The van der Waals surface area contributed by atoms with Gasteiger partial charge < -0.3 is 5.11 Å². The molecule has 1 unspecified atom stereocenters. The minimum Gasteiger partial charge on any atom is -0.384 e. The number of allylic oxidation sites excluding steroid dienone is 1. The Kier molecular flexibility index (Phi) is 2.90. The molecule has 0 aliphatic heterocycles. The smallest absolute Gasteiger partial charge is 0.0975 e. The van der Waals surface area contributed by atoms with Crippen LogP contribution in [-0.2, 0) is 6.42 Å². The molecular weight excluding hydrogens is 240 g/mol. The molecule has 90 valence electrons. The van der Waals surface area contributed by atoms with E-state index in [9.17, 15) is 5.11 Å². The highest BCUT2D eigenvalue weighted by molar-refractivity contribution is 7.11. The van der Waals surface area contributed by atoms with Crippen LogP contribution in [0.4, 0.5) is 0 Å². The highest BCUT2D eigenvalue weighted by Crippen LogP contribution is 2.39. The van der Waals surface area contributed by atoms with Gasteiger partial charge in [-0.05, 0) is 40.1 Å². The standard InChI is InChI=1S/C16H14OS/c1-2-15(17)13-6-4-3-5-12(13)14-8-7-11-9-10-18-16(11)14/h2-6,8-10,15,17H,1,7H2. The zero-order chi connectivity index (χ0) is 12.5. The molecule has 0 radical (unpaired) electrons. The van der Waals surface area contributed by atoms with Crippen LogP contribution in [0, 0.1) is 0 Å². The Balaban J connectivity index is 2.12. The molecule has 0 fully saturated rings. The van der Waals surface area contributed by atoms with Gasteiger partial charge in [0, 0.05) is 4.88 Å².